The summed E-state index contributed by atoms with van der Waals surface area (Å²) in [5.74, 6) is -0.524. The van der Waals surface area contributed by atoms with Gasteiger partial charge in [-0.05, 0) is 53.6 Å². The van der Waals surface area contributed by atoms with Crippen LogP contribution in [0.4, 0.5) is 13.2 Å². The van der Waals surface area contributed by atoms with E-state index in [1.54, 1.807) is 36.4 Å². The van der Waals surface area contributed by atoms with E-state index >= 15 is 0 Å². The fourth-order valence-corrected chi connectivity index (χ4v) is 2.64. The topological polar surface area (TPSA) is 52.6 Å². The number of halogens is 4. The number of methoxy groups -OCH3 is 1. The number of rotatable bonds is 3. The zero-order valence-corrected chi connectivity index (χ0v) is 13.1. The van der Waals surface area contributed by atoms with Crippen molar-refractivity contribution in [2.45, 2.75) is 19.4 Å². The molecule has 1 aromatic carbocycles. The lowest BCUT2D eigenvalue weighted by Crippen LogP contribution is -2.28. The lowest BCUT2D eigenvalue weighted by Gasteiger charge is -2.16. The van der Waals surface area contributed by atoms with Gasteiger partial charge in [0.2, 0.25) is 0 Å². The van der Waals surface area contributed by atoms with E-state index in [9.17, 15) is 21.6 Å². The van der Waals surface area contributed by atoms with Crippen molar-refractivity contribution in [2.75, 3.05) is 7.11 Å². The lowest BCUT2D eigenvalue weighted by atomic mass is 10.1. The van der Waals surface area contributed by atoms with Crippen LogP contribution in [0.5, 0.6) is 11.5 Å². The first kappa shape index (κ1) is 16.3. The summed E-state index contributed by atoms with van der Waals surface area (Å²) in [6.45, 7) is 3.37. The van der Waals surface area contributed by atoms with E-state index in [2.05, 4.69) is 4.18 Å². The second-order valence-corrected chi connectivity index (χ2v) is 6.26. The van der Waals surface area contributed by atoms with Gasteiger partial charge in [-0.15, -0.1) is 0 Å². The molecule has 0 atom stereocenters. The molecule has 0 bridgehead atoms. The Hall–Kier alpha value is -0.710. The monoisotopic (exact) mass is 410 g/mol. The van der Waals surface area contributed by atoms with Crippen molar-refractivity contribution in [3.05, 3.63) is 20.8 Å². The Labute approximate surface area is 122 Å². The molecule has 0 aliphatic rings. The van der Waals surface area contributed by atoms with Gasteiger partial charge in [-0.3, -0.25) is 0 Å². The predicted molar refractivity (Wildman–Crippen MR) is 70.8 cm³/mol. The first-order valence-electron chi connectivity index (χ1n) is 4.85. The Bertz CT molecular complexity index is 596. The first-order chi connectivity index (χ1) is 8.51. The second kappa shape index (κ2) is 5.35. The molecule has 0 fully saturated rings. The van der Waals surface area contributed by atoms with Crippen LogP contribution in [0, 0.1) is 17.4 Å². The Morgan fingerprint density at radius 3 is 2.21 bits per heavy atom. The van der Waals surface area contributed by atoms with Crippen molar-refractivity contribution >= 4 is 32.7 Å². The van der Waals surface area contributed by atoms with Crippen LogP contribution in [0.15, 0.2) is 6.07 Å². The third kappa shape index (κ3) is 3.25. The molecule has 0 unspecified atom stereocenters. The molecular weight excluding hydrogens is 400 g/mol. The van der Waals surface area contributed by atoms with E-state index < -0.39 is 21.4 Å². The highest BCUT2D eigenvalue weighted by Gasteiger charge is 2.49. The number of hydrogen-bond donors (Lipinski definition) is 0. The Kier molecular flexibility index (Phi) is 4.60. The summed E-state index contributed by atoms with van der Waals surface area (Å²) >= 11 is 1.71. The van der Waals surface area contributed by atoms with E-state index in [1.807, 2.05) is 0 Å². The van der Waals surface area contributed by atoms with E-state index in [0.717, 1.165) is 5.56 Å². The quantitative estimate of drug-likeness (QED) is 0.437. The van der Waals surface area contributed by atoms with Crippen molar-refractivity contribution in [2.24, 2.45) is 0 Å². The van der Waals surface area contributed by atoms with Crippen LogP contribution < -0.4 is 8.92 Å². The van der Waals surface area contributed by atoms with Gasteiger partial charge in [0.05, 0.1) is 10.7 Å². The summed E-state index contributed by atoms with van der Waals surface area (Å²) in [7, 11) is -4.50. The summed E-state index contributed by atoms with van der Waals surface area (Å²) in [6.07, 6.45) is 0. The smallest absolute Gasteiger partial charge is 0.493 e. The Morgan fingerprint density at radius 1 is 1.26 bits per heavy atom. The van der Waals surface area contributed by atoms with Crippen molar-refractivity contribution < 1.29 is 30.5 Å². The molecule has 0 aliphatic heterocycles. The molecule has 108 valence electrons. The highest BCUT2D eigenvalue weighted by Crippen LogP contribution is 2.39. The number of alkyl halides is 3. The van der Waals surface area contributed by atoms with Crippen LogP contribution >= 0.6 is 22.6 Å². The molecule has 1 aromatic rings. The Balaban J connectivity index is 3.41. The maximum Gasteiger partial charge on any atom is 0.534 e. The van der Waals surface area contributed by atoms with E-state index in [0.29, 0.717) is 5.56 Å². The fourth-order valence-electron chi connectivity index (χ4n) is 1.21. The summed E-state index contributed by atoms with van der Waals surface area (Å²) < 4.78 is 68.3. The summed E-state index contributed by atoms with van der Waals surface area (Å²) in [5.41, 5.74) is -4.12. The Morgan fingerprint density at radius 2 is 1.79 bits per heavy atom. The van der Waals surface area contributed by atoms with Gasteiger partial charge in [-0.1, -0.05) is 0 Å². The fraction of sp³-hybridized carbons (Fsp3) is 0.400. The van der Waals surface area contributed by atoms with Gasteiger partial charge in [0.25, 0.3) is 0 Å². The summed E-state index contributed by atoms with van der Waals surface area (Å²) in [4.78, 5) is 0. The normalized spacial score (nSPS) is 12.4. The van der Waals surface area contributed by atoms with Crippen molar-refractivity contribution in [3.63, 3.8) is 0 Å². The molecule has 0 N–H and O–H groups in total. The van der Waals surface area contributed by atoms with Crippen LogP contribution in [0.1, 0.15) is 11.1 Å². The highest BCUT2D eigenvalue weighted by atomic mass is 127. The number of benzene rings is 1. The second-order valence-electron chi connectivity index (χ2n) is 3.65. The minimum atomic E-state index is -5.72. The third-order valence-corrected chi connectivity index (χ3v) is 4.64. The van der Waals surface area contributed by atoms with Crippen molar-refractivity contribution in [1.82, 2.24) is 0 Å². The molecule has 0 saturated heterocycles. The van der Waals surface area contributed by atoms with Gasteiger partial charge in [-0.2, -0.15) is 21.6 Å². The van der Waals surface area contributed by atoms with E-state index in [1.165, 1.54) is 13.2 Å². The van der Waals surface area contributed by atoms with Crippen molar-refractivity contribution in [3.8, 4) is 11.5 Å². The summed E-state index contributed by atoms with van der Waals surface area (Å²) in [5, 5.41) is 0. The molecule has 0 spiro atoms. The minimum absolute atomic E-state index is 0.0691. The minimum Gasteiger partial charge on any atom is -0.493 e. The molecule has 1 rings (SSSR count). The molecule has 0 aromatic heterocycles. The molecule has 19 heavy (non-hydrogen) atoms. The van der Waals surface area contributed by atoms with Crippen LogP contribution in [0.25, 0.3) is 0 Å². The van der Waals surface area contributed by atoms with Gasteiger partial charge >= 0.3 is 15.6 Å². The molecule has 0 radical (unpaired) electrons. The molecule has 4 nitrogen and oxygen atoms in total. The molecule has 9 heteroatoms. The van der Waals surface area contributed by atoms with Crippen LogP contribution in [0.3, 0.4) is 0 Å². The molecule has 0 heterocycles. The van der Waals surface area contributed by atoms with E-state index in [-0.39, 0.29) is 9.32 Å². The largest absolute Gasteiger partial charge is 0.534 e. The molecule has 0 amide bonds. The van der Waals surface area contributed by atoms with E-state index in [4.69, 9.17) is 4.74 Å². The molecular formula is C10H10F3IO4S. The summed E-state index contributed by atoms with van der Waals surface area (Å²) in [6, 6.07) is 1.42. The standard InChI is InChI=1S/C10H10F3IO4S/c1-5-4-7(17-3)9(8(14)6(5)2)18-19(15,16)10(11,12)13/h4H,1-3H3. The number of aryl methyl sites for hydroxylation is 1. The van der Waals surface area contributed by atoms with Crippen LogP contribution in [0.2, 0.25) is 0 Å². The van der Waals surface area contributed by atoms with Crippen LogP contribution in [-0.2, 0) is 10.1 Å². The van der Waals surface area contributed by atoms with Crippen LogP contribution in [-0.4, -0.2) is 21.0 Å². The predicted octanol–water partition coefficient (Wildman–Crippen LogP) is 3.15. The third-order valence-electron chi connectivity index (χ3n) is 2.39. The molecule has 0 saturated carbocycles. The number of ether oxygens (including phenoxy) is 1. The molecule has 0 aliphatic carbocycles. The van der Waals surface area contributed by atoms with Gasteiger partial charge in [-0.25, -0.2) is 0 Å². The SMILES string of the molecule is COc1cc(C)c(C)c(I)c1OS(=O)(=O)C(F)(F)F. The van der Waals surface area contributed by atoms with Gasteiger partial charge < -0.3 is 8.92 Å². The maximum atomic E-state index is 12.3. The number of hydrogen-bond acceptors (Lipinski definition) is 4. The van der Waals surface area contributed by atoms with Gasteiger partial charge in [0.15, 0.2) is 11.5 Å². The zero-order chi connectivity index (χ0) is 15.0. The van der Waals surface area contributed by atoms with Gasteiger partial charge in [0, 0.05) is 0 Å². The zero-order valence-electron chi connectivity index (χ0n) is 10.1. The highest BCUT2D eigenvalue weighted by molar-refractivity contribution is 14.1. The first-order valence-corrected chi connectivity index (χ1v) is 7.34. The van der Waals surface area contributed by atoms with Gasteiger partial charge in [0.1, 0.15) is 0 Å². The average Bonchev–Trinajstić information content (AvgIpc) is 2.28. The van der Waals surface area contributed by atoms with Crippen molar-refractivity contribution in [1.29, 1.82) is 0 Å². The average molecular weight is 410 g/mol. The lowest BCUT2D eigenvalue weighted by molar-refractivity contribution is -0.0500. The maximum absolute atomic E-state index is 12.3.